The summed E-state index contributed by atoms with van der Waals surface area (Å²) in [7, 11) is 2.97. The molecule has 5 rings (SSSR count). The van der Waals surface area contributed by atoms with Gasteiger partial charge in [0.2, 0.25) is 0 Å². The van der Waals surface area contributed by atoms with E-state index in [0.717, 1.165) is 10.1 Å². The second-order valence-electron chi connectivity index (χ2n) is 7.05. The van der Waals surface area contributed by atoms with Crippen molar-refractivity contribution in [1.29, 1.82) is 0 Å². The van der Waals surface area contributed by atoms with Crippen LogP contribution in [0.5, 0.6) is 0 Å². The van der Waals surface area contributed by atoms with Crippen LogP contribution < -0.4 is 17.0 Å². The standard InChI is InChI=1S/C22H17N5O3/c1-26-19(23)17(21(28)27(2)22(26)29)15-13-10-6-7-11-14(13)24-20-16(15)18(25-30-20)12-8-4-3-5-9-12/h3-11H,23H2,1-2H3. The number of fused-ring (bicyclic) bond motifs is 2. The monoisotopic (exact) mass is 399 g/mol. The fourth-order valence-electron chi connectivity index (χ4n) is 3.76. The number of benzene rings is 2. The van der Waals surface area contributed by atoms with Gasteiger partial charge < -0.3 is 10.3 Å². The van der Waals surface area contributed by atoms with Gasteiger partial charge in [0.15, 0.2) is 0 Å². The highest BCUT2D eigenvalue weighted by Gasteiger charge is 2.25. The smallest absolute Gasteiger partial charge is 0.332 e. The predicted molar refractivity (Wildman–Crippen MR) is 115 cm³/mol. The van der Waals surface area contributed by atoms with E-state index in [-0.39, 0.29) is 17.1 Å². The first kappa shape index (κ1) is 17.9. The first-order valence-electron chi connectivity index (χ1n) is 9.28. The summed E-state index contributed by atoms with van der Waals surface area (Å²) in [6.45, 7) is 0. The summed E-state index contributed by atoms with van der Waals surface area (Å²) < 4.78 is 7.86. The van der Waals surface area contributed by atoms with Gasteiger partial charge in [0.1, 0.15) is 11.5 Å². The first-order chi connectivity index (χ1) is 14.5. The predicted octanol–water partition coefficient (Wildman–Crippen LogP) is 2.69. The third-order valence-corrected chi connectivity index (χ3v) is 5.33. The van der Waals surface area contributed by atoms with E-state index in [1.165, 1.54) is 18.7 Å². The lowest BCUT2D eigenvalue weighted by Gasteiger charge is -2.14. The summed E-state index contributed by atoms with van der Waals surface area (Å²) in [6, 6.07) is 16.9. The Morgan fingerprint density at radius 3 is 2.37 bits per heavy atom. The van der Waals surface area contributed by atoms with Crippen molar-refractivity contribution in [3.8, 4) is 22.4 Å². The van der Waals surface area contributed by atoms with Crippen LogP contribution >= 0.6 is 0 Å². The maximum Gasteiger partial charge on any atom is 0.332 e. The van der Waals surface area contributed by atoms with Gasteiger partial charge in [0, 0.05) is 30.6 Å². The largest absolute Gasteiger partial charge is 0.384 e. The summed E-state index contributed by atoms with van der Waals surface area (Å²) in [5.41, 5.74) is 8.36. The van der Waals surface area contributed by atoms with E-state index in [0.29, 0.717) is 27.5 Å². The quantitative estimate of drug-likeness (QED) is 0.489. The number of para-hydroxylation sites is 1. The molecular weight excluding hydrogens is 382 g/mol. The fraction of sp³-hybridized carbons (Fsp3) is 0.0909. The van der Waals surface area contributed by atoms with Gasteiger partial charge in [0.25, 0.3) is 11.3 Å². The Labute approximate surface area is 169 Å². The molecule has 2 N–H and O–H groups in total. The molecule has 0 atom stereocenters. The summed E-state index contributed by atoms with van der Waals surface area (Å²) in [6.07, 6.45) is 0. The molecule has 5 aromatic rings. The lowest BCUT2D eigenvalue weighted by atomic mass is 9.96. The van der Waals surface area contributed by atoms with E-state index < -0.39 is 11.2 Å². The molecule has 148 valence electrons. The van der Waals surface area contributed by atoms with Crippen molar-refractivity contribution in [2.75, 3.05) is 5.73 Å². The van der Waals surface area contributed by atoms with Gasteiger partial charge >= 0.3 is 5.69 Å². The Bertz CT molecular complexity index is 1560. The van der Waals surface area contributed by atoms with Crippen molar-refractivity contribution in [3.05, 3.63) is 75.4 Å². The molecule has 0 saturated heterocycles. The molecule has 0 spiro atoms. The Morgan fingerprint density at radius 2 is 1.60 bits per heavy atom. The Balaban J connectivity index is 2.05. The average Bonchev–Trinajstić information content (AvgIpc) is 3.20. The van der Waals surface area contributed by atoms with E-state index in [2.05, 4.69) is 10.1 Å². The molecule has 30 heavy (non-hydrogen) atoms. The highest BCUT2D eigenvalue weighted by molar-refractivity contribution is 6.13. The minimum Gasteiger partial charge on any atom is -0.384 e. The highest BCUT2D eigenvalue weighted by Crippen LogP contribution is 2.40. The van der Waals surface area contributed by atoms with E-state index >= 15 is 0 Å². The van der Waals surface area contributed by atoms with Crippen molar-refractivity contribution in [3.63, 3.8) is 0 Å². The number of hydrogen-bond acceptors (Lipinski definition) is 6. The molecule has 0 fully saturated rings. The van der Waals surface area contributed by atoms with Crippen LogP contribution in [0.2, 0.25) is 0 Å². The van der Waals surface area contributed by atoms with Gasteiger partial charge in [-0.15, -0.1) is 0 Å². The normalized spacial score (nSPS) is 11.4. The molecule has 0 saturated carbocycles. The Hall–Kier alpha value is -4.20. The zero-order chi connectivity index (χ0) is 21.0. The molecule has 3 heterocycles. The van der Waals surface area contributed by atoms with Crippen LogP contribution in [-0.4, -0.2) is 19.3 Å². The van der Waals surface area contributed by atoms with Gasteiger partial charge in [-0.1, -0.05) is 53.7 Å². The summed E-state index contributed by atoms with van der Waals surface area (Å²) in [4.78, 5) is 30.2. The van der Waals surface area contributed by atoms with Crippen molar-refractivity contribution < 1.29 is 4.52 Å². The maximum atomic E-state index is 13.2. The molecule has 0 aliphatic carbocycles. The topological polar surface area (TPSA) is 109 Å². The maximum absolute atomic E-state index is 13.2. The SMILES string of the molecule is Cn1c(N)c(-c2c3ccccc3nc3onc(-c4ccccc4)c23)c(=O)n(C)c1=O. The number of anilines is 1. The minimum absolute atomic E-state index is 0.0703. The number of nitrogens with zero attached hydrogens (tertiary/aromatic N) is 4. The van der Waals surface area contributed by atoms with Gasteiger partial charge in [-0.05, 0) is 6.07 Å². The summed E-state index contributed by atoms with van der Waals surface area (Å²) in [5.74, 6) is 0.0703. The van der Waals surface area contributed by atoms with E-state index in [9.17, 15) is 9.59 Å². The van der Waals surface area contributed by atoms with E-state index in [1.807, 2.05) is 54.6 Å². The lowest BCUT2D eigenvalue weighted by Crippen LogP contribution is -2.39. The molecule has 0 unspecified atom stereocenters. The van der Waals surface area contributed by atoms with Crippen LogP contribution in [0.4, 0.5) is 5.82 Å². The third kappa shape index (κ3) is 2.40. The average molecular weight is 399 g/mol. The van der Waals surface area contributed by atoms with Crippen LogP contribution in [0.3, 0.4) is 0 Å². The molecule has 8 heteroatoms. The molecule has 0 radical (unpaired) electrons. The number of rotatable bonds is 2. The van der Waals surface area contributed by atoms with Crippen molar-refractivity contribution in [2.24, 2.45) is 14.1 Å². The van der Waals surface area contributed by atoms with Crippen LogP contribution in [0.15, 0.2) is 68.7 Å². The highest BCUT2D eigenvalue weighted by atomic mass is 16.5. The van der Waals surface area contributed by atoms with Gasteiger partial charge in [-0.25, -0.2) is 9.78 Å². The van der Waals surface area contributed by atoms with Crippen LogP contribution in [0, 0.1) is 0 Å². The molecule has 2 aromatic carbocycles. The molecule has 0 aliphatic heterocycles. The van der Waals surface area contributed by atoms with E-state index in [1.54, 1.807) is 0 Å². The second kappa shape index (κ2) is 6.41. The second-order valence-corrected chi connectivity index (χ2v) is 7.05. The summed E-state index contributed by atoms with van der Waals surface area (Å²) in [5, 5.41) is 5.53. The van der Waals surface area contributed by atoms with Gasteiger partial charge in [-0.3, -0.25) is 13.9 Å². The van der Waals surface area contributed by atoms with Crippen molar-refractivity contribution in [2.45, 2.75) is 0 Å². The molecule has 0 bridgehead atoms. The number of pyridine rings is 1. The van der Waals surface area contributed by atoms with Gasteiger partial charge in [-0.2, -0.15) is 0 Å². The van der Waals surface area contributed by atoms with Crippen LogP contribution in [-0.2, 0) is 14.1 Å². The minimum atomic E-state index is -0.496. The fourth-order valence-corrected chi connectivity index (χ4v) is 3.76. The number of aromatic nitrogens is 4. The molecule has 0 amide bonds. The lowest BCUT2D eigenvalue weighted by molar-refractivity contribution is 0.452. The zero-order valence-corrected chi connectivity index (χ0v) is 16.3. The molecular formula is C22H17N5O3. The van der Waals surface area contributed by atoms with Gasteiger partial charge in [0.05, 0.1) is 16.5 Å². The summed E-state index contributed by atoms with van der Waals surface area (Å²) >= 11 is 0. The van der Waals surface area contributed by atoms with Crippen LogP contribution in [0.25, 0.3) is 44.4 Å². The number of nitrogens with two attached hydrogens (primary N) is 1. The molecule has 8 nitrogen and oxygen atoms in total. The van der Waals surface area contributed by atoms with Crippen molar-refractivity contribution in [1.82, 2.24) is 19.3 Å². The third-order valence-electron chi connectivity index (χ3n) is 5.33. The Kier molecular flexibility index (Phi) is 3.82. The van der Waals surface area contributed by atoms with Crippen molar-refractivity contribution >= 4 is 27.8 Å². The zero-order valence-electron chi connectivity index (χ0n) is 16.3. The number of nitrogen functional groups attached to an aromatic ring is 1. The first-order valence-corrected chi connectivity index (χ1v) is 9.28. The number of hydrogen-bond donors (Lipinski definition) is 1. The van der Waals surface area contributed by atoms with E-state index in [4.69, 9.17) is 10.3 Å². The Morgan fingerprint density at radius 1 is 0.900 bits per heavy atom. The van der Waals surface area contributed by atoms with Crippen LogP contribution in [0.1, 0.15) is 0 Å². The molecule has 0 aliphatic rings. The molecule has 3 aromatic heterocycles.